The van der Waals surface area contributed by atoms with Crippen molar-refractivity contribution in [3.8, 4) is 11.5 Å². The molecule has 3 nitrogen and oxygen atoms in total. The van der Waals surface area contributed by atoms with Gasteiger partial charge in [-0.25, -0.2) is 0 Å². The normalized spacial score (nSPS) is 20.6. The molecule has 0 saturated carbocycles. The fraction of sp³-hybridized carbons (Fsp3) is 0.647. The highest BCUT2D eigenvalue weighted by Crippen LogP contribution is 2.28. The zero-order valence-electron chi connectivity index (χ0n) is 12.8. The number of hydrogen-bond donors (Lipinski definition) is 1. The molecular formula is C17H27NO2. The van der Waals surface area contributed by atoms with E-state index in [0.29, 0.717) is 5.75 Å². The molecule has 0 amide bonds. The number of methoxy groups -OCH3 is 1. The molecule has 1 saturated heterocycles. The zero-order valence-corrected chi connectivity index (χ0v) is 12.8. The van der Waals surface area contributed by atoms with Crippen molar-refractivity contribution in [3.05, 3.63) is 23.8 Å². The van der Waals surface area contributed by atoms with Crippen molar-refractivity contribution in [1.29, 1.82) is 0 Å². The van der Waals surface area contributed by atoms with Gasteiger partial charge in [-0.2, -0.15) is 0 Å². The van der Waals surface area contributed by atoms with Crippen LogP contribution in [0.3, 0.4) is 0 Å². The Bertz CT molecular complexity index is 419. The molecule has 0 radical (unpaired) electrons. The number of ether oxygens (including phenoxy) is 1. The molecule has 1 N–H and O–H groups in total. The van der Waals surface area contributed by atoms with Gasteiger partial charge in [-0.15, -0.1) is 0 Å². The second-order valence-corrected chi connectivity index (χ2v) is 5.87. The third-order valence-electron chi connectivity index (χ3n) is 4.29. The van der Waals surface area contributed by atoms with Gasteiger partial charge in [-0.1, -0.05) is 25.8 Å². The SMILES string of the molecule is CCCC1CCCN(Cc2ccc(OC)c(O)c2)CC1. The van der Waals surface area contributed by atoms with E-state index in [0.717, 1.165) is 18.0 Å². The van der Waals surface area contributed by atoms with Crippen LogP contribution in [0.2, 0.25) is 0 Å². The van der Waals surface area contributed by atoms with Crippen LogP contribution in [-0.4, -0.2) is 30.2 Å². The van der Waals surface area contributed by atoms with Crippen LogP contribution in [0.25, 0.3) is 0 Å². The molecule has 1 aliphatic rings. The van der Waals surface area contributed by atoms with Gasteiger partial charge in [0.1, 0.15) is 0 Å². The lowest BCUT2D eigenvalue weighted by Gasteiger charge is -2.20. The maximum Gasteiger partial charge on any atom is 0.160 e. The maximum absolute atomic E-state index is 9.84. The van der Waals surface area contributed by atoms with Gasteiger partial charge in [0.05, 0.1) is 7.11 Å². The van der Waals surface area contributed by atoms with Crippen LogP contribution < -0.4 is 4.74 Å². The first-order chi connectivity index (χ1) is 9.72. The highest BCUT2D eigenvalue weighted by molar-refractivity contribution is 5.41. The molecule has 1 fully saturated rings. The van der Waals surface area contributed by atoms with Gasteiger partial charge in [0.15, 0.2) is 11.5 Å². The topological polar surface area (TPSA) is 32.7 Å². The average Bonchev–Trinajstić information content (AvgIpc) is 2.65. The standard InChI is InChI=1S/C17H27NO2/c1-3-5-14-6-4-10-18(11-9-14)13-15-7-8-17(20-2)16(19)12-15/h7-8,12,14,19H,3-6,9-11,13H2,1-2H3. The lowest BCUT2D eigenvalue weighted by Crippen LogP contribution is -2.24. The van der Waals surface area contributed by atoms with Crippen molar-refractivity contribution in [2.45, 2.75) is 45.6 Å². The van der Waals surface area contributed by atoms with E-state index >= 15 is 0 Å². The summed E-state index contributed by atoms with van der Waals surface area (Å²) in [4.78, 5) is 2.51. The maximum atomic E-state index is 9.84. The molecule has 1 aromatic carbocycles. The average molecular weight is 277 g/mol. The number of benzene rings is 1. The van der Waals surface area contributed by atoms with Gasteiger partial charge in [0.25, 0.3) is 0 Å². The van der Waals surface area contributed by atoms with E-state index < -0.39 is 0 Å². The molecule has 1 heterocycles. The Balaban J connectivity index is 1.91. The summed E-state index contributed by atoms with van der Waals surface area (Å²) in [6, 6.07) is 5.72. The van der Waals surface area contributed by atoms with Crippen molar-refractivity contribution < 1.29 is 9.84 Å². The molecule has 0 aromatic heterocycles. The summed E-state index contributed by atoms with van der Waals surface area (Å²) >= 11 is 0. The smallest absolute Gasteiger partial charge is 0.160 e. The summed E-state index contributed by atoms with van der Waals surface area (Å²) in [6.07, 6.45) is 6.66. The largest absolute Gasteiger partial charge is 0.504 e. The fourth-order valence-corrected chi connectivity index (χ4v) is 3.17. The van der Waals surface area contributed by atoms with Crippen LogP contribution in [0.4, 0.5) is 0 Å². The molecular weight excluding hydrogens is 250 g/mol. The molecule has 0 bridgehead atoms. The van der Waals surface area contributed by atoms with Crippen molar-refractivity contribution in [1.82, 2.24) is 4.90 Å². The fourth-order valence-electron chi connectivity index (χ4n) is 3.17. The van der Waals surface area contributed by atoms with E-state index in [1.165, 1.54) is 45.2 Å². The summed E-state index contributed by atoms with van der Waals surface area (Å²) in [7, 11) is 1.58. The third-order valence-corrected chi connectivity index (χ3v) is 4.29. The number of hydrogen-bond acceptors (Lipinski definition) is 3. The van der Waals surface area contributed by atoms with Gasteiger partial charge in [0, 0.05) is 6.54 Å². The van der Waals surface area contributed by atoms with E-state index in [1.807, 2.05) is 18.2 Å². The van der Waals surface area contributed by atoms with Gasteiger partial charge in [-0.3, -0.25) is 4.90 Å². The van der Waals surface area contributed by atoms with Crippen LogP contribution in [0.1, 0.15) is 44.6 Å². The number of aromatic hydroxyl groups is 1. The zero-order chi connectivity index (χ0) is 14.4. The Kier molecular flexibility index (Phi) is 5.72. The lowest BCUT2D eigenvalue weighted by molar-refractivity contribution is 0.270. The molecule has 20 heavy (non-hydrogen) atoms. The van der Waals surface area contributed by atoms with E-state index in [4.69, 9.17) is 4.74 Å². The molecule has 3 heteroatoms. The lowest BCUT2D eigenvalue weighted by atomic mass is 9.96. The third kappa shape index (κ3) is 4.14. The molecule has 0 aliphatic carbocycles. The highest BCUT2D eigenvalue weighted by Gasteiger charge is 2.16. The first kappa shape index (κ1) is 15.2. The number of phenols is 1. The Morgan fingerprint density at radius 2 is 2.15 bits per heavy atom. The van der Waals surface area contributed by atoms with Crippen molar-refractivity contribution >= 4 is 0 Å². The molecule has 1 atom stereocenters. The van der Waals surface area contributed by atoms with Gasteiger partial charge >= 0.3 is 0 Å². The van der Waals surface area contributed by atoms with Crippen molar-refractivity contribution in [3.63, 3.8) is 0 Å². The molecule has 0 spiro atoms. The number of nitrogens with zero attached hydrogens (tertiary/aromatic N) is 1. The summed E-state index contributed by atoms with van der Waals surface area (Å²) in [5.41, 5.74) is 1.16. The van der Waals surface area contributed by atoms with Gasteiger partial charge in [-0.05, 0) is 56.0 Å². The van der Waals surface area contributed by atoms with Crippen molar-refractivity contribution in [2.24, 2.45) is 5.92 Å². The van der Waals surface area contributed by atoms with Crippen molar-refractivity contribution in [2.75, 3.05) is 20.2 Å². The summed E-state index contributed by atoms with van der Waals surface area (Å²) in [5, 5.41) is 9.84. The van der Waals surface area contributed by atoms with E-state index in [2.05, 4.69) is 11.8 Å². The van der Waals surface area contributed by atoms with Gasteiger partial charge in [0.2, 0.25) is 0 Å². The Morgan fingerprint density at radius 1 is 1.30 bits per heavy atom. The highest BCUT2D eigenvalue weighted by atomic mass is 16.5. The number of rotatable bonds is 5. The molecule has 112 valence electrons. The summed E-state index contributed by atoms with van der Waals surface area (Å²) < 4.78 is 5.09. The first-order valence-electron chi connectivity index (χ1n) is 7.81. The van der Waals surface area contributed by atoms with Gasteiger partial charge < -0.3 is 9.84 Å². The minimum Gasteiger partial charge on any atom is -0.504 e. The second kappa shape index (κ2) is 7.53. The molecule has 1 aromatic rings. The Morgan fingerprint density at radius 3 is 2.85 bits per heavy atom. The predicted molar refractivity (Wildman–Crippen MR) is 82.2 cm³/mol. The van der Waals surface area contributed by atoms with Crippen LogP contribution in [-0.2, 0) is 6.54 Å². The van der Waals surface area contributed by atoms with E-state index in [-0.39, 0.29) is 5.75 Å². The van der Waals surface area contributed by atoms with E-state index in [1.54, 1.807) is 7.11 Å². The summed E-state index contributed by atoms with van der Waals surface area (Å²) in [5.74, 6) is 1.70. The van der Waals surface area contributed by atoms with Crippen LogP contribution in [0.15, 0.2) is 18.2 Å². The molecule has 2 rings (SSSR count). The quantitative estimate of drug-likeness (QED) is 0.888. The molecule has 1 unspecified atom stereocenters. The minimum absolute atomic E-state index is 0.240. The Hall–Kier alpha value is -1.22. The second-order valence-electron chi connectivity index (χ2n) is 5.87. The van der Waals surface area contributed by atoms with Crippen LogP contribution in [0, 0.1) is 5.92 Å². The van der Waals surface area contributed by atoms with Crippen LogP contribution in [0.5, 0.6) is 11.5 Å². The minimum atomic E-state index is 0.240. The first-order valence-corrected chi connectivity index (χ1v) is 7.81. The van der Waals surface area contributed by atoms with Crippen LogP contribution >= 0.6 is 0 Å². The Labute approximate surface area is 122 Å². The summed E-state index contributed by atoms with van der Waals surface area (Å²) in [6.45, 7) is 5.56. The predicted octanol–water partition coefficient (Wildman–Crippen LogP) is 3.80. The van der Waals surface area contributed by atoms with E-state index in [9.17, 15) is 5.11 Å². The monoisotopic (exact) mass is 277 g/mol. The number of phenolic OH excluding ortho intramolecular Hbond substituents is 1. The number of likely N-dealkylation sites (tertiary alicyclic amines) is 1. The molecule has 1 aliphatic heterocycles.